The fourth-order valence-corrected chi connectivity index (χ4v) is 3.53. The Bertz CT molecular complexity index is 864. The van der Waals surface area contributed by atoms with Crippen LogP contribution in [-0.4, -0.2) is 53.2 Å². The Morgan fingerprint density at radius 2 is 2.16 bits per heavy atom. The molecule has 0 saturated heterocycles. The van der Waals surface area contributed by atoms with Gasteiger partial charge < -0.3 is 20.9 Å². The smallest absolute Gasteiger partial charge is 0.222 e. The maximum absolute atomic E-state index is 10.0. The molecule has 130 valence electrons. The summed E-state index contributed by atoms with van der Waals surface area (Å²) in [6.07, 6.45) is 4.56. The quantitative estimate of drug-likeness (QED) is 0.782. The zero-order valence-corrected chi connectivity index (χ0v) is 14.0. The SMILES string of the molecule is CO[C@@H]1C[C@@H](Nc2nc(N)nc3cc(C4=CC=NC4)ccc23)C[C@H]1O. The largest absolute Gasteiger partial charge is 0.390 e. The summed E-state index contributed by atoms with van der Waals surface area (Å²) in [6, 6.07) is 6.16. The molecule has 0 amide bonds. The van der Waals surface area contributed by atoms with Crippen LogP contribution in [0.15, 0.2) is 29.3 Å². The molecule has 1 saturated carbocycles. The van der Waals surface area contributed by atoms with Crippen LogP contribution < -0.4 is 11.1 Å². The third-order valence-corrected chi connectivity index (χ3v) is 4.84. The fourth-order valence-electron chi connectivity index (χ4n) is 3.53. The number of ether oxygens (including phenoxy) is 1. The summed E-state index contributed by atoms with van der Waals surface area (Å²) < 4.78 is 5.31. The average Bonchev–Trinajstić information content (AvgIpc) is 3.23. The summed E-state index contributed by atoms with van der Waals surface area (Å²) in [5.74, 6) is 0.922. The summed E-state index contributed by atoms with van der Waals surface area (Å²) in [4.78, 5) is 13.0. The summed E-state index contributed by atoms with van der Waals surface area (Å²) in [5.41, 5.74) is 8.95. The lowest BCUT2D eigenvalue weighted by Gasteiger charge is -2.15. The Labute approximate surface area is 145 Å². The van der Waals surface area contributed by atoms with Gasteiger partial charge in [-0.3, -0.25) is 4.99 Å². The molecule has 2 aromatic rings. The number of nitrogens with zero attached hydrogens (tertiary/aromatic N) is 3. The summed E-state index contributed by atoms with van der Waals surface area (Å²) in [5, 5.41) is 14.3. The van der Waals surface area contributed by atoms with Crippen molar-refractivity contribution < 1.29 is 9.84 Å². The number of anilines is 2. The summed E-state index contributed by atoms with van der Waals surface area (Å²) in [7, 11) is 1.62. The first-order valence-corrected chi connectivity index (χ1v) is 8.38. The van der Waals surface area contributed by atoms with E-state index in [9.17, 15) is 5.11 Å². The molecule has 1 aromatic carbocycles. The number of allylic oxidation sites excluding steroid dienone is 1. The molecule has 0 bridgehead atoms. The minimum absolute atomic E-state index is 0.0862. The van der Waals surface area contributed by atoms with Gasteiger partial charge in [-0.15, -0.1) is 0 Å². The van der Waals surface area contributed by atoms with E-state index in [-0.39, 0.29) is 18.1 Å². The van der Waals surface area contributed by atoms with Crippen molar-refractivity contribution in [1.29, 1.82) is 0 Å². The zero-order chi connectivity index (χ0) is 17.4. The van der Waals surface area contributed by atoms with E-state index >= 15 is 0 Å². The maximum atomic E-state index is 10.0. The highest BCUT2D eigenvalue weighted by atomic mass is 16.5. The van der Waals surface area contributed by atoms with Crippen molar-refractivity contribution in [3.63, 3.8) is 0 Å². The zero-order valence-electron chi connectivity index (χ0n) is 14.0. The second-order valence-corrected chi connectivity index (χ2v) is 6.50. The monoisotopic (exact) mass is 339 g/mol. The highest BCUT2D eigenvalue weighted by Gasteiger charge is 2.33. The van der Waals surface area contributed by atoms with Gasteiger partial charge in [0.15, 0.2) is 0 Å². The Balaban J connectivity index is 1.65. The Morgan fingerprint density at radius 3 is 2.88 bits per heavy atom. The van der Waals surface area contributed by atoms with Crippen LogP contribution in [0.5, 0.6) is 0 Å². The molecule has 4 rings (SSSR count). The third-order valence-electron chi connectivity index (χ3n) is 4.84. The first kappa shape index (κ1) is 16.0. The van der Waals surface area contributed by atoms with Crippen molar-refractivity contribution in [2.75, 3.05) is 24.7 Å². The van der Waals surface area contributed by atoms with E-state index in [0.717, 1.165) is 28.5 Å². The van der Waals surface area contributed by atoms with Crippen LogP contribution in [0.3, 0.4) is 0 Å². The van der Waals surface area contributed by atoms with Gasteiger partial charge in [0.2, 0.25) is 5.95 Å². The van der Waals surface area contributed by atoms with Gasteiger partial charge in [-0.1, -0.05) is 6.07 Å². The molecule has 3 atom stereocenters. The Morgan fingerprint density at radius 1 is 1.28 bits per heavy atom. The molecule has 1 aliphatic carbocycles. The number of hydrogen-bond donors (Lipinski definition) is 3. The number of aliphatic hydroxyl groups is 1. The van der Waals surface area contributed by atoms with Crippen LogP contribution in [-0.2, 0) is 4.74 Å². The van der Waals surface area contributed by atoms with Gasteiger partial charge in [-0.2, -0.15) is 4.98 Å². The highest BCUT2D eigenvalue weighted by molar-refractivity contribution is 5.95. The lowest BCUT2D eigenvalue weighted by atomic mass is 10.0. The van der Waals surface area contributed by atoms with Crippen LogP contribution in [0.2, 0.25) is 0 Å². The number of benzene rings is 1. The first-order valence-electron chi connectivity index (χ1n) is 8.38. The predicted molar refractivity (Wildman–Crippen MR) is 98.7 cm³/mol. The van der Waals surface area contributed by atoms with E-state index in [1.165, 1.54) is 0 Å². The van der Waals surface area contributed by atoms with E-state index < -0.39 is 6.10 Å². The van der Waals surface area contributed by atoms with Crippen molar-refractivity contribution in [3.8, 4) is 0 Å². The molecular weight excluding hydrogens is 318 g/mol. The molecule has 1 fully saturated rings. The minimum atomic E-state index is -0.464. The van der Waals surface area contributed by atoms with Crippen molar-refractivity contribution in [2.45, 2.75) is 31.1 Å². The second-order valence-electron chi connectivity index (χ2n) is 6.50. The summed E-state index contributed by atoms with van der Waals surface area (Å²) in [6.45, 7) is 0.690. The number of nitrogens with one attached hydrogen (secondary N) is 1. The van der Waals surface area contributed by atoms with Crippen LogP contribution in [0.4, 0.5) is 11.8 Å². The minimum Gasteiger partial charge on any atom is -0.390 e. The molecular formula is C18H21N5O2. The topological polar surface area (TPSA) is 106 Å². The van der Waals surface area contributed by atoms with Gasteiger partial charge in [0.25, 0.3) is 0 Å². The number of aliphatic imine (C=N–C) groups is 1. The number of hydrogen-bond acceptors (Lipinski definition) is 7. The summed E-state index contributed by atoms with van der Waals surface area (Å²) >= 11 is 0. The second kappa shape index (κ2) is 6.42. The van der Waals surface area contributed by atoms with Gasteiger partial charge in [0.05, 0.1) is 24.3 Å². The van der Waals surface area contributed by atoms with E-state index in [4.69, 9.17) is 10.5 Å². The number of nitrogen functional groups attached to an aromatic ring is 1. The van der Waals surface area contributed by atoms with Crippen LogP contribution in [0, 0.1) is 0 Å². The Kier molecular flexibility index (Phi) is 4.10. The van der Waals surface area contributed by atoms with Crippen LogP contribution >= 0.6 is 0 Å². The molecule has 25 heavy (non-hydrogen) atoms. The first-order chi connectivity index (χ1) is 12.1. The highest BCUT2D eigenvalue weighted by Crippen LogP contribution is 2.30. The van der Waals surface area contributed by atoms with Crippen LogP contribution in [0.1, 0.15) is 18.4 Å². The van der Waals surface area contributed by atoms with Gasteiger partial charge in [0.1, 0.15) is 5.82 Å². The molecule has 2 heterocycles. The van der Waals surface area contributed by atoms with E-state index in [1.807, 2.05) is 24.4 Å². The molecule has 0 radical (unpaired) electrons. The lowest BCUT2D eigenvalue weighted by molar-refractivity contribution is 0.00982. The maximum Gasteiger partial charge on any atom is 0.222 e. The number of nitrogens with two attached hydrogens (primary N) is 1. The molecule has 1 aromatic heterocycles. The molecule has 0 spiro atoms. The Hall–Kier alpha value is -2.51. The van der Waals surface area contributed by atoms with E-state index in [0.29, 0.717) is 18.8 Å². The molecule has 1 aliphatic heterocycles. The molecule has 0 unspecified atom stereocenters. The lowest BCUT2D eigenvalue weighted by Crippen LogP contribution is -2.20. The van der Waals surface area contributed by atoms with E-state index in [2.05, 4.69) is 26.3 Å². The van der Waals surface area contributed by atoms with Gasteiger partial charge in [-0.25, -0.2) is 4.98 Å². The predicted octanol–water partition coefficient (Wildman–Crippen LogP) is 1.63. The van der Waals surface area contributed by atoms with Crippen molar-refractivity contribution >= 4 is 34.5 Å². The number of methoxy groups -OCH3 is 1. The molecule has 4 N–H and O–H groups in total. The number of fused-ring (bicyclic) bond motifs is 1. The van der Waals surface area contributed by atoms with Crippen LogP contribution in [0.25, 0.3) is 16.5 Å². The molecule has 7 nitrogen and oxygen atoms in total. The molecule has 7 heteroatoms. The van der Waals surface area contributed by atoms with Gasteiger partial charge in [0, 0.05) is 24.8 Å². The number of rotatable bonds is 4. The van der Waals surface area contributed by atoms with E-state index in [1.54, 1.807) is 7.11 Å². The average molecular weight is 339 g/mol. The van der Waals surface area contributed by atoms with Crippen molar-refractivity contribution in [2.24, 2.45) is 4.99 Å². The van der Waals surface area contributed by atoms with Crippen molar-refractivity contribution in [1.82, 2.24) is 9.97 Å². The number of aliphatic hydroxyl groups excluding tert-OH is 1. The van der Waals surface area contributed by atoms with Gasteiger partial charge >= 0.3 is 0 Å². The fraction of sp³-hybridized carbons (Fsp3) is 0.389. The third kappa shape index (κ3) is 3.08. The number of aromatic nitrogens is 2. The molecule has 2 aliphatic rings. The van der Waals surface area contributed by atoms with Gasteiger partial charge in [-0.05, 0) is 42.2 Å². The van der Waals surface area contributed by atoms with Crippen molar-refractivity contribution in [3.05, 3.63) is 29.8 Å². The normalized spacial score (nSPS) is 25.5. The standard InChI is InChI=1S/C18H21N5O2/c1-25-16-8-12(7-15(16)24)21-17-13-3-2-10(11-4-5-20-9-11)6-14(13)22-18(19)23-17/h2-6,12,15-16,24H,7-9H2,1H3,(H3,19,21,22,23)/t12-,15+,16+/m0/s1.